The number of fused-ring (bicyclic) bond motifs is 1. The van der Waals surface area contributed by atoms with E-state index in [4.69, 9.17) is 9.47 Å². The second-order valence-corrected chi connectivity index (χ2v) is 7.70. The Morgan fingerprint density at radius 2 is 1.23 bits per heavy atom. The van der Waals surface area contributed by atoms with E-state index in [1.54, 1.807) is 0 Å². The molecule has 150 valence electrons. The lowest BCUT2D eigenvalue weighted by atomic mass is 10.1. The molecule has 3 aromatic carbocycles. The minimum atomic E-state index is -1.23. The minimum Gasteiger partial charge on any atom is -0.460 e. The fraction of sp³-hybridized carbons (Fsp3) is 0.125. The smallest absolute Gasteiger partial charge is 0.327 e. The zero-order valence-electron chi connectivity index (χ0n) is 16.1. The van der Waals surface area contributed by atoms with Crippen LogP contribution in [-0.4, -0.2) is 16.9 Å². The van der Waals surface area contributed by atoms with Gasteiger partial charge < -0.3 is 9.47 Å². The molecule has 1 aromatic heterocycles. The number of esters is 2. The van der Waals surface area contributed by atoms with Crippen LogP contribution in [0.3, 0.4) is 0 Å². The van der Waals surface area contributed by atoms with Gasteiger partial charge in [-0.1, -0.05) is 72.8 Å². The number of benzene rings is 3. The van der Waals surface area contributed by atoms with Crippen molar-refractivity contribution in [1.29, 1.82) is 0 Å². The lowest BCUT2D eigenvalue weighted by Crippen LogP contribution is -2.26. The van der Waals surface area contributed by atoms with E-state index in [-0.39, 0.29) is 13.2 Å². The molecular formula is C24H19NO4S. The summed E-state index contributed by atoms with van der Waals surface area (Å²) in [7, 11) is 0. The predicted molar refractivity (Wildman–Crippen MR) is 115 cm³/mol. The van der Waals surface area contributed by atoms with Gasteiger partial charge in [0.05, 0.1) is 10.2 Å². The Bertz CT molecular complexity index is 1050. The Morgan fingerprint density at radius 3 is 1.77 bits per heavy atom. The number of hydrogen-bond donors (Lipinski definition) is 0. The van der Waals surface area contributed by atoms with Crippen LogP contribution in [0.5, 0.6) is 0 Å². The molecule has 5 nitrogen and oxygen atoms in total. The molecule has 0 atom stereocenters. The topological polar surface area (TPSA) is 65.5 Å². The second kappa shape index (κ2) is 9.33. The molecule has 0 bridgehead atoms. The molecular weight excluding hydrogens is 398 g/mol. The largest absolute Gasteiger partial charge is 0.460 e. The van der Waals surface area contributed by atoms with Crippen LogP contribution >= 0.6 is 11.3 Å². The van der Waals surface area contributed by atoms with Gasteiger partial charge in [0.15, 0.2) is 0 Å². The molecule has 4 rings (SSSR count). The summed E-state index contributed by atoms with van der Waals surface area (Å²) in [5, 5.41) is 0.368. The lowest BCUT2D eigenvalue weighted by molar-refractivity contribution is -0.159. The Labute approximate surface area is 177 Å². The van der Waals surface area contributed by atoms with Gasteiger partial charge in [0.25, 0.3) is 0 Å². The number of carbonyl (C=O) groups is 2. The highest BCUT2D eigenvalue weighted by Gasteiger charge is 2.35. The normalized spacial score (nSPS) is 10.8. The molecule has 0 saturated heterocycles. The third kappa shape index (κ3) is 4.72. The number of thiazole rings is 1. The molecule has 4 aromatic rings. The number of ether oxygens (including phenoxy) is 2. The molecule has 30 heavy (non-hydrogen) atoms. The summed E-state index contributed by atoms with van der Waals surface area (Å²) in [5.41, 5.74) is 2.41. The van der Waals surface area contributed by atoms with Gasteiger partial charge in [-0.05, 0) is 23.3 Å². The second-order valence-electron chi connectivity index (χ2n) is 6.64. The van der Waals surface area contributed by atoms with Crippen molar-refractivity contribution in [2.24, 2.45) is 0 Å². The number of carbonyl (C=O) groups excluding carboxylic acids is 2. The lowest BCUT2D eigenvalue weighted by Gasteiger charge is -2.14. The van der Waals surface area contributed by atoms with E-state index in [9.17, 15) is 9.59 Å². The van der Waals surface area contributed by atoms with Crippen LogP contribution in [0.25, 0.3) is 10.2 Å². The van der Waals surface area contributed by atoms with Gasteiger partial charge in [-0.15, -0.1) is 11.3 Å². The van der Waals surface area contributed by atoms with Gasteiger partial charge in [-0.25, -0.2) is 4.98 Å². The van der Waals surface area contributed by atoms with Crippen LogP contribution in [0.4, 0.5) is 0 Å². The third-order valence-electron chi connectivity index (χ3n) is 4.48. The summed E-state index contributed by atoms with van der Waals surface area (Å²) in [6, 6.07) is 26.1. The molecule has 6 heteroatoms. The van der Waals surface area contributed by atoms with Crippen LogP contribution in [0.15, 0.2) is 84.9 Å². The minimum absolute atomic E-state index is 0.0764. The number of para-hydroxylation sites is 1. The Kier molecular flexibility index (Phi) is 6.15. The maximum absolute atomic E-state index is 12.9. The standard InChI is InChI=1S/C24H19NO4S/c26-23(28-15-17-9-3-1-4-10-17)21(22-25-19-13-7-8-14-20(19)30-22)24(27)29-16-18-11-5-2-6-12-18/h1-14,21H,15-16H2. The van der Waals surface area contributed by atoms with E-state index in [0.717, 1.165) is 21.3 Å². The van der Waals surface area contributed by atoms with Gasteiger partial charge >= 0.3 is 11.9 Å². The van der Waals surface area contributed by atoms with Crippen LogP contribution < -0.4 is 0 Å². The van der Waals surface area contributed by atoms with Gasteiger partial charge in [-0.3, -0.25) is 9.59 Å². The quantitative estimate of drug-likeness (QED) is 0.317. The molecule has 0 N–H and O–H groups in total. The number of aromatic nitrogens is 1. The monoisotopic (exact) mass is 417 g/mol. The molecule has 0 amide bonds. The Morgan fingerprint density at radius 1 is 0.733 bits per heavy atom. The van der Waals surface area contributed by atoms with E-state index in [1.807, 2.05) is 84.9 Å². The van der Waals surface area contributed by atoms with E-state index in [1.165, 1.54) is 11.3 Å². The van der Waals surface area contributed by atoms with E-state index >= 15 is 0 Å². The van der Waals surface area contributed by atoms with Crippen LogP contribution in [0.1, 0.15) is 22.1 Å². The van der Waals surface area contributed by atoms with Crippen molar-refractivity contribution in [2.75, 3.05) is 0 Å². The molecule has 0 unspecified atom stereocenters. The van der Waals surface area contributed by atoms with Crippen LogP contribution in [0, 0.1) is 0 Å². The zero-order valence-corrected chi connectivity index (χ0v) is 16.9. The molecule has 0 aliphatic heterocycles. The molecule has 0 fully saturated rings. The molecule has 1 heterocycles. The van der Waals surface area contributed by atoms with E-state index in [0.29, 0.717) is 5.01 Å². The van der Waals surface area contributed by atoms with Crippen molar-refractivity contribution in [2.45, 2.75) is 19.1 Å². The Balaban J connectivity index is 1.55. The highest BCUT2D eigenvalue weighted by Crippen LogP contribution is 2.29. The first-order valence-corrected chi connectivity index (χ1v) is 10.3. The number of rotatable bonds is 7. The summed E-state index contributed by atoms with van der Waals surface area (Å²) >= 11 is 1.29. The predicted octanol–water partition coefficient (Wildman–Crippen LogP) is 4.87. The first-order valence-electron chi connectivity index (χ1n) is 9.47. The van der Waals surface area contributed by atoms with Gasteiger partial charge in [-0.2, -0.15) is 0 Å². The summed E-state index contributed by atoms with van der Waals surface area (Å²) < 4.78 is 11.8. The third-order valence-corrected chi connectivity index (χ3v) is 5.58. The molecule has 0 aliphatic carbocycles. The Hall–Kier alpha value is -3.51. The number of hydrogen-bond acceptors (Lipinski definition) is 6. The summed E-state index contributed by atoms with van der Waals surface area (Å²) in [5.74, 6) is -2.57. The zero-order chi connectivity index (χ0) is 20.8. The van der Waals surface area contributed by atoms with Crippen molar-refractivity contribution in [3.8, 4) is 0 Å². The van der Waals surface area contributed by atoms with Gasteiger partial charge in [0.1, 0.15) is 18.2 Å². The average Bonchev–Trinajstić information content (AvgIpc) is 3.21. The molecule has 0 spiro atoms. The van der Waals surface area contributed by atoms with Crippen molar-refractivity contribution in [1.82, 2.24) is 4.98 Å². The van der Waals surface area contributed by atoms with Gasteiger partial charge in [0.2, 0.25) is 5.92 Å². The summed E-state index contributed by atoms with van der Waals surface area (Å²) in [6.45, 7) is 0.153. The molecule has 0 saturated carbocycles. The fourth-order valence-corrected chi connectivity index (χ4v) is 3.98. The van der Waals surface area contributed by atoms with Crippen molar-refractivity contribution in [3.05, 3.63) is 101 Å². The van der Waals surface area contributed by atoms with Crippen molar-refractivity contribution in [3.63, 3.8) is 0 Å². The maximum Gasteiger partial charge on any atom is 0.327 e. The van der Waals surface area contributed by atoms with Crippen molar-refractivity contribution >= 4 is 33.5 Å². The highest BCUT2D eigenvalue weighted by atomic mass is 32.1. The first-order chi connectivity index (χ1) is 14.7. The summed E-state index contributed by atoms with van der Waals surface area (Å²) in [6.07, 6.45) is 0. The van der Waals surface area contributed by atoms with E-state index in [2.05, 4.69) is 4.98 Å². The SMILES string of the molecule is O=C(OCc1ccccc1)C(C(=O)OCc1ccccc1)c1nc2ccccc2s1. The highest BCUT2D eigenvalue weighted by molar-refractivity contribution is 7.18. The first kappa shape index (κ1) is 19.8. The van der Waals surface area contributed by atoms with Crippen molar-refractivity contribution < 1.29 is 19.1 Å². The van der Waals surface area contributed by atoms with Crippen LogP contribution in [0.2, 0.25) is 0 Å². The molecule has 0 aliphatic rings. The van der Waals surface area contributed by atoms with Gasteiger partial charge in [0, 0.05) is 0 Å². The average molecular weight is 417 g/mol. The number of nitrogens with zero attached hydrogens (tertiary/aromatic N) is 1. The van der Waals surface area contributed by atoms with E-state index < -0.39 is 17.9 Å². The summed E-state index contributed by atoms with van der Waals surface area (Å²) in [4.78, 5) is 30.3. The maximum atomic E-state index is 12.9. The molecule has 0 radical (unpaired) electrons. The van der Waals surface area contributed by atoms with Crippen LogP contribution in [-0.2, 0) is 32.3 Å². The fourth-order valence-electron chi connectivity index (χ4n) is 2.94.